The molecule has 1 amide bonds. The van der Waals surface area contributed by atoms with Gasteiger partial charge in [0.2, 0.25) is 0 Å². The van der Waals surface area contributed by atoms with Crippen molar-refractivity contribution < 1.29 is 38.1 Å². The molecule has 9 heteroatoms. The molecule has 0 heterocycles. The van der Waals surface area contributed by atoms with Crippen LogP contribution in [0.5, 0.6) is 0 Å². The average Bonchev–Trinajstić information content (AvgIpc) is 2.52. The molecule has 25 heavy (non-hydrogen) atoms. The van der Waals surface area contributed by atoms with E-state index in [9.17, 15) is 14.4 Å². The van der Waals surface area contributed by atoms with Crippen molar-refractivity contribution >= 4 is 18.0 Å². The molecule has 0 saturated heterocycles. The number of ether oxygens (including phenoxy) is 5. The van der Waals surface area contributed by atoms with Crippen LogP contribution < -0.4 is 5.32 Å². The maximum atomic E-state index is 11.9. The second kappa shape index (κ2) is 12.5. The summed E-state index contributed by atoms with van der Waals surface area (Å²) in [4.78, 5) is 33.9. The first-order valence-electron chi connectivity index (χ1n) is 7.96. The minimum Gasteiger partial charge on any atom is -0.469 e. The summed E-state index contributed by atoms with van der Waals surface area (Å²) in [6.07, 6.45) is -0.386. The number of nitrogens with one attached hydrogen (secondary N) is 1. The second-order valence-electron chi connectivity index (χ2n) is 6.15. The molecule has 0 aliphatic heterocycles. The van der Waals surface area contributed by atoms with Crippen LogP contribution in [0.25, 0.3) is 0 Å². The summed E-state index contributed by atoms with van der Waals surface area (Å²) >= 11 is 0. The first-order chi connectivity index (χ1) is 11.7. The average molecular weight is 363 g/mol. The summed E-state index contributed by atoms with van der Waals surface area (Å²) in [5.41, 5.74) is -0.633. The van der Waals surface area contributed by atoms with Crippen molar-refractivity contribution in [2.75, 3.05) is 40.6 Å². The molecule has 0 saturated carbocycles. The lowest BCUT2D eigenvalue weighted by atomic mass is 10.2. The van der Waals surface area contributed by atoms with Crippen LogP contribution >= 0.6 is 0 Å². The van der Waals surface area contributed by atoms with Gasteiger partial charge < -0.3 is 29.0 Å². The fourth-order valence-electron chi connectivity index (χ4n) is 1.57. The van der Waals surface area contributed by atoms with Crippen molar-refractivity contribution in [3.8, 4) is 0 Å². The third kappa shape index (κ3) is 14.2. The van der Waals surface area contributed by atoms with Gasteiger partial charge in [-0.25, -0.2) is 4.79 Å². The lowest BCUT2D eigenvalue weighted by Gasteiger charge is -2.23. The van der Waals surface area contributed by atoms with Gasteiger partial charge in [0.05, 0.1) is 59.5 Å². The van der Waals surface area contributed by atoms with Crippen molar-refractivity contribution in [1.82, 2.24) is 5.32 Å². The van der Waals surface area contributed by atoms with Gasteiger partial charge >= 0.3 is 18.0 Å². The van der Waals surface area contributed by atoms with E-state index >= 15 is 0 Å². The highest BCUT2D eigenvalue weighted by Crippen LogP contribution is 2.07. The molecule has 0 rings (SSSR count). The Kier molecular flexibility index (Phi) is 11.6. The highest BCUT2D eigenvalue weighted by molar-refractivity contribution is 5.69. The number of hydrogen-bond donors (Lipinski definition) is 1. The number of amides is 1. The van der Waals surface area contributed by atoms with Gasteiger partial charge in [0, 0.05) is 0 Å². The summed E-state index contributed by atoms with van der Waals surface area (Å²) in [7, 11) is 2.59. The van der Waals surface area contributed by atoms with Crippen LogP contribution in [0.3, 0.4) is 0 Å². The van der Waals surface area contributed by atoms with Gasteiger partial charge in [-0.15, -0.1) is 0 Å². The Labute approximate surface area is 148 Å². The number of carbonyl (C=O) groups is 3. The summed E-state index contributed by atoms with van der Waals surface area (Å²) in [6, 6.07) is -0.495. The summed E-state index contributed by atoms with van der Waals surface area (Å²) in [5, 5.41) is 2.63. The molecule has 0 spiro atoms. The Morgan fingerprint density at radius 3 is 1.68 bits per heavy atom. The van der Waals surface area contributed by atoms with E-state index in [4.69, 9.17) is 14.2 Å². The van der Waals surface area contributed by atoms with Crippen molar-refractivity contribution in [3.05, 3.63) is 0 Å². The van der Waals surface area contributed by atoms with Crippen LogP contribution in [0.2, 0.25) is 0 Å². The summed E-state index contributed by atoms with van der Waals surface area (Å²) in [5.74, 6) is -0.767. The molecule has 1 N–H and O–H groups in total. The monoisotopic (exact) mass is 363 g/mol. The van der Waals surface area contributed by atoms with Crippen LogP contribution in [0.15, 0.2) is 0 Å². The molecule has 0 unspecified atom stereocenters. The van der Waals surface area contributed by atoms with E-state index in [0.717, 1.165) is 0 Å². The molecular weight excluding hydrogens is 334 g/mol. The van der Waals surface area contributed by atoms with E-state index in [1.807, 2.05) is 0 Å². The fraction of sp³-hybridized carbons (Fsp3) is 0.812. The quantitative estimate of drug-likeness (QED) is 0.329. The smallest absolute Gasteiger partial charge is 0.408 e. The van der Waals surface area contributed by atoms with Gasteiger partial charge in [0.25, 0.3) is 0 Å². The largest absolute Gasteiger partial charge is 0.469 e. The highest BCUT2D eigenvalue weighted by Gasteiger charge is 2.20. The fourth-order valence-corrected chi connectivity index (χ4v) is 1.57. The van der Waals surface area contributed by atoms with Crippen LogP contribution in [-0.4, -0.2) is 70.3 Å². The third-order valence-corrected chi connectivity index (χ3v) is 2.72. The van der Waals surface area contributed by atoms with E-state index in [-0.39, 0.29) is 51.2 Å². The predicted molar refractivity (Wildman–Crippen MR) is 88.1 cm³/mol. The van der Waals surface area contributed by atoms with Crippen molar-refractivity contribution in [3.63, 3.8) is 0 Å². The van der Waals surface area contributed by atoms with E-state index in [0.29, 0.717) is 0 Å². The number of esters is 2. The molecule has 0 aromatic carbocycles. The Hall–Kier alpha value is -1.87. The maximum Gasteiger partial charge on any atom is 0.408 e. The second-order valence-corrected chi connectivity index (χ2v) is 6.15. The molecular formula is C16H29NO8. The molecule has 0 fully saturated rings. The Morgan fingerprint density at radius 2 is 1.32 bits per heavy atom. The van der Waals surface area contributed by atoms with Crippen LogP contribution in [-0.2, 0) is 33.3 Å². The van der Waals surface area contributed by atoms with Crippen molar-refractivity contribution in [2.45, 2.75) is 45.3 Å². The number of carbonyl (C=O) groups excluding carboxylic acids is 3. The van der Waals surface area contributed by atoms with Gasteiger partial charge in [-0.1, -0.05) is 0 Å². The standard InChI is InChI=1S/C16H29NO8/c1-16(2,3)25-15(20)17-12(10-23-8-6-13(18)21-4)11-24-9-7-14(19)22-5/h12H,6-11H2,1-5H3,(H,17,20). The van der Waals surface area contributed by atoms with E-state index in [2.05, 4.69) is 14.8 Å². The lowest BCUT2D eigenvalue weighted by Crippen LogP contribution is -2.44. The van der Waals surface area contributed by atoms with Gasteiger partial charge in [0.1, 0.15) is 5.60 Å². The SMILES string of the molecule is COC(=O)CCOCC(COCCC(=O)OC)NC(=O)OC(C)(C)C. The van der Waals surface area contributed by atoms with Crippen molar-refractivity contribution in [1.29, 1.82) is 0 Å². The molecule has 9 nitrogen and oxygen atoms in total. The molecule has 0 aliphatic rings. The maximum absolute atomic E-state index is 11.9. The molecule has 0 atom stereocenters. The zero-order valence-corrected chi connectivity index (χ0v) is 15.6. The van der Waals surface area contributed by atoms with Crippen molar-refractivity contribution in [2.24, 2.45) is 0 Å². The third-order valence-electron chi connectivity index (χ3n) is 2.72. The summed E-state index contributed by atoms with van der Waals surface area (Å²) < 4.78 is 24.9. The molecule has 0 aliphatic carbocycles. The van der Waals surface area contributed by atoms with Gasteiger partial charge in [-0.05, 0) is 20.8 Å². The summed E-state index contributed by atoms with van der Waals surface area (Å²) in [6.45, 7) is 5.80. The van der Waals surface area contributed by atoms with Crippen LogP contribution in [0.1, 0.15) is 33.6 Å². The number of methoxy groups -OCH3 is 2. The van der Waals surface area contributed by atoms with Gasteiger partial charge in [-0.2, -0.15) is 0 Å². The van der Waals surface area contributed by atoms with Crippen LogP contribution in [0, 0.1) is 0 Å². The molecule has 0 aromatic rings. The van der Waals surface area contributed by atoms with E-state index in [1.54, 1.807) is 20.8 Å². The van der Waals surface area contributed by atoms with Gasteiger partial charge in [-0.3, -0.25) is 9.59 Å². The van der Waals surface area contributed by atoms with Crippen LogP contribution in [0.4, 0.5) is 4.79 Å². The normalized spacial score (nSPS) is 11.1. The molecule has 0 bridgehead atoms. The zero-order valence-electron chi connectivity index (χ0n) is 15.6. The number of alkyl carbamates (subject to hydrolysis) is 1. The molecule has 0 aromatic heterocycles. The Morgan fingerprint density at radius 1 is 0.880 bits per heavy atom. The minimum absolute atomic E-state index is 0.110. The highest BCUT2D eigenvalue weighted by atomic mass is 16.6. The predicted octanol–water partition coefficient (Wildman–Crippen LogP) is 1.04. The number of hydrogen-bond acceptors (Lipinski definition) is 8. The minimum atomic E-state index is -0.633. The number of rotatable bonds is 11. The topological polar surface area (TPSA) is 109 Å². The lowest BCUT2D eigenvalue weighted by molar-refractivity contribution is -0.142. The van der Waals surface area contributed by atoms with E-state index < -0.39 is 17.7 Å². The Balaban J connectivity index is 4.31. The first kappa shape index (κ1) is 23.1. The molecule has 0 radical (unpaired) electrons. The Bertz CT molecular complexity index is 395. The van der Waals surface area contributed by atoms with Gasteiger partial charge in [0.15, 0.2) is 0 Å². The zero-order chi connectivity index (χ0) is 19.3. The first-order valence-corrected chi connectivity index (χ1v) is 7.96. The van der Waals surface area contributed by atoms with E-state index in [1.165, 1.54) is 14.2 Å². The molecule has 146 valence electrons.